The van der Waals surface area contributed by atoms with Crippen molar-refractivity contribution in [2.24, 2.45) is 0 Å². The molecule has 0 saturated carbocycles. The van der Waals surface area contributed by atoms with Crippen LogP contribution in [-0.4, -0.2) is 27.5 Å². The Morgan fingerprint density at radius 1 is 1.28 bits per heavy atom. The molecule has 0 aliphatic rings. The fourth-order valence-electron chi connectivity index (χ4n) is 2.36. The van der Waals surface area contributed by atoms with Crippen LogP contribution in [0.2, 0.25) is 0 Å². The van der Waals surface area contributed by atoms with Crippen molar-refractivity contribution in [2.75, 3.05) is 11.9 Å². The van der Waals surface area contributed by atoms with Gasteiger partial charge in [-0.05, 0) is 30.7 Å². The molecule has 1 heterocycles. The lowest BCUT2D eigenvalue weighted by Gasteiger charge is -2.02. The van der Waals surface area contributed by atoms with Crippen molar-refractivity contribution < 1.29 is 14.5 Å². The highest BCUT2D eigenvalue weighted by Gasteiger charge is 2.10. The van der Waals surface area contributed by atoms with Gasteiger partial charge in [-0.25, -0.2) is 9.78 Å². The van der Waals surface area contributed by atoms with E-state index in [2.05, 4.69) is 15.3 Å². The molecule has 0 spiro atoms. The largest absolute Gasteiger partial charge is 0.462 e. The molecule has 0 radical (unpaired) electrons. The maximum absolute atomic E-state index is 11.8. The summed E-state index contributed by atoms with van der Waals surface area (Å²) in [5.41, 5.74) is 2.84. The summed E-state index contributed by atoms with van der Waals surface area (Å²) in [6.07, 6.45) is 0. The van der Waals surface area contributed by atoms with E-state index in [1.54, 1.807) is 37.3 Å². The summed E-state index contributed by atoms with van der Waals surface area (Å²) in [5.74, 6) is 0.175. The van der Waals surface area contributed by atoms with Gasteiger partial charge in [0.15, 0.2) is 0 Å². The van der Waals surface area contributed by atoms with Gasteiger partial charge in [0, 0.05) is 18.7 Å². The van der Waals surface area contributed by atoms with Gasteiger partial charge in [0.05, 0.1) is 28.1 Å². The second-order valence-electron chi connectivity index (χ2n) is 5.31. The number of nitrogens with zero attached hydrogens (tertiary/aromatic N) is 2. The van der Waals surface area contributed by atoms with Gasteiger partial charge in [0.25, 0.3) is 5.69 Å². The van der Waals surface area contributed by atoms with Crippen LogP contribution in [0.3, 0.4) is 0 Å². The summed E-state index contributed by atoms with van der Waals surface area (Å²) < 4.78 is 4.98. The van der Waals surface area contributed by atoms with E-state index in [4.69, 9.17) is 4.74 Å². The lowest BCUT2D eigenvalue weighted by Crippen LogP contribution is -2.04. The highest BCUT2D eigenvalue weighted by atomic mass is 16.6. The van der Waals surface area contributed by atoms with E-state index in [1.165, 1.54) is 12.1 Å². The number of benzene rings is 2. The maximum Gasteiger partial charge on any atom is 0.338 e. The Bertz CT molecular complexity index is 918. The van der Waals surface area contributed by atoms with Crippen LogP contribution in [0.4, 0.5) is 11.6 Å². The number of carbonyl (C=O) groups is 1. The molecule has 0 saturated heterocycles. The summed E-state index contributed by atoms with van der Waals surface area (Å²) in [6, 6.07) is 11.4. The average Bonchev–Trinajstić information content (AvgIpc) is 3.02. The average molecular weight is 340 g/mol. The van der Waals surface area contributed by atoms with Gasteiger partial charge in [-0.1, -0.05) is 12.1 Å². The Balaban J connectivity index is 1.71. The highest BCUT2D eigenvalue weighted by Crippen LogP contribution is 2.18. The van der Waals surface area contributed by atoms with Crippen LogP contribution in [0.25, 0.3) is 11.0 Å². The molecule has 0 atom stereocenters. The molecule has 2 aromatic carbocycles. The van der Waals surface area contributed by atoms with E-state index >= 15 is 0 Å². The van der Waals surface area contributed by atoms with Crippen molar-refractivity contribution in [1.29, 1.82) is 0 Å². The number of nitrogens with one attached hydrogen (secondary N) is 2. The first-order valence-corrected chi connectivity index (χ1v) is 7.71. The second-order valence-corrected chi connectivity index (χ2v) is 5.31. The molecule has 1 aromatic heterocycles. The maximum atomic E-state index is 11.8. The summed E-state index contributed by atoms with van der Waals surface area (Å²) in [4.78, 5) is 29.5. The molecule has 0 unspecified atom stereocenters. The van der Waals surface area contributed by atoms with Crippen LogP contribution in [0.1, 0.15) is 22.8 Å². The number of aromatic nitrogens is 2. The molecule has 3 aromatic rings. The molecule has 0 aliphatic heterocycles. The first kappa shape index (κ1) is 16.4. The van der Waals surface area contributed by atoms with Crippen molar-refractivity contribution in [3.63, 3.8) is 0 Å². The zero-order valence-corrected chi connectivity index (χ0v) is 13.5. The smallest absolute Gasteiger partial charge is 0.338 e. The SMILES string of the molecule is CCOC(=O)c1ccc2nc(NCc3ccc([N+](=O)[O-])cc3)[nH]c2c1. The van der Waals surface area contributed by atoms with Crippen molar-refractivity contribution in [2.45, 2.75) is 13.5 Å². The molecule has 25 heavy (non-hydrogen) atoms. The van der Waals surface area contributed by atoms with Gasteiger partial charge >= 0.3 is 5.97 Å². The van der Waals surface area contributed by atoms with E-state index in [1.807, 2.05) is 0 Å². The molecule has 0 aliphatic carbocycles. The third-order valence-electron chi connectivity index (χ3n) is 3.60. The molecule has 0 bridgehead atoms. The number of carbonyl (C=O) groups excluding carboxylic acids is 1. The molecular formula is C17H16N4O4. The Morgan fingerprint density at radius 2 is 2.04 bits per heavy atom. The number of aromatic amines is 1. The quantitative estimate of drug-likeness (QED) is 0.405. The minimum absolute atomic E-state index is 0.0546. The molecule has 8 nitrogen and oxygen atoms in total. The van der Waals surface area contributed by atoms with Gasteiger partial charge in [-0.3, -0.25) is 10.1 Å². The Hall–Kier alpha value is -3.42. The third kappa shape index (κ3) is 3.74. The number of fused-ring (bicyclic) bond motifs is 1. The molecular weight excluding hydrogens is 324 g/mol. The number of non-ortho nitro benzene ring substituents is 1. The summed E-state index contributed by atoms with van der Waals surface area (Å²) in [6.45, 7) is 2.54. The number of ether oxygens (including phenoxy) is 1. The number of hydrogen-bond donors (Lipinski definition) is 2. The number of anilines is 1. The van der Waals surface area contributed by atoms with E-state index < -0.39 is 4.92 Å². The number of hydrogen-bond acceptors (Lipinski definition) is 6. The predicted molar refractivity (Wildman–Crippen MR) is 92.5 cm³/mol. The van der Waals surface area contributed by atoms with Crippen molar-refractivity contribution in [3.8, 4) is 0 Å². The Kier molecular flexibility index (Phi) is 4.60. The summed E-state index contributed by atoms with van der Waals surface area (Å²) >= 11 is 0. The van der Waals surface area contributed by atoms with Crippen LogP contribution in [0.15, 0.2) is 42.5 Å². The first-order valence-electron chi connectivity index (χ1n) is 7.71. The first-order chi connectivity index (χ1) is 12.1. The Labute approximate surface area is 143 Å². The van der Waals surface area contributed by atoms with Crippen molar-refractivity contribution in [3.05, 3.63) is 63.7 Å². The molecule has 0 amide bonds. The second kappa shape index (κ2) is 7.00. The fourth-order valence-corrected chi connectivity index (χ4v) is 2.36. The number of esters is 1. The fraction of sp³-hybridized carbons (Fsp3) is 0.176. The summed E-state index contributed by atoms with van der Waals surface area (Å²) in [7, 11) is 0. The highest BCUT2D eigenvalue weighted by molar-refractivity contribution is 5.94. The van der Waals surface area contributed by atoms with Crippen LogP contribution >= 0.6 is 0 Å². The minimum Gasteiger partial charge on any atom is -0.462 e. The molecule has 3 rings (SSSR count). The zero-order valence-electron chi connectivity index (χ0n) is 13.5. The number of imidazole rings is 1. The van der Waals surface area contributed by atoms with E-state index in [0.29, 0.717) is 24.7 Å². The Morgan fingerprint density at radius 3 is 2.72 bits per heavy atom. The lowest BCUT2D eigenvalue weighted by atomic mass is 10.2. The van der Waals surface area contributed by atoms with Gasteiger partial charge in [0.2, 0.25) is 5.95 Å². The topological polar surface area (TPSA) is 110 Å². The zero-order chi connectivity index (χ0) is 17.8. The number of H-pyrrole nitrogens is 1. The standard InChI is InChI=1S/C17H16N4O4/c1-2-25-16(22)12-5-8-14-15(9-12)20-17(19-14)18-10-11-3-6-13(7-4-11)21(23)24/h3-9H,2,10H2,1H3,(H2,18,19,20). The number of nitro benzene ring substituents is 1. The molecule has 8 heteroatoms. The molecule has 128 valence electrons. The monoisotopic (exact) mass is 340 g/mol. The van der Waals surface area contributed by atoms with E-state index in [9.17, 15) is 14.9 Å². The molecule has 0 fully saturated rings. The van der Waals surface area contributed by atoms with Crippen LogP contribution in [0, 0.1) is 10.1 Å². The number of nitro groups is 1. The van der Waals surface area contributed by atoms with Gasteiger partial charge < -0.3 is 15.0 Å². The van der Waals surface area contributed by atoms with Crippen molar-refractivity contribution >= 4 is 28.6 Å². The molecule has 2 N–H and O–H groups in total. The minimum atomic E-state index is -0.433. The van der Waals surface area contributed by atoms with Gasteiger partial charge in [-0.15, -0.1) is 0 Å². The van der Waals surface area contributed by atoms with E-state index in [0.717, 1.165) is 16.6 Å². The van der Waals surface area contributed by atoms with Gasteiger partial charge in [-0.2, -0.15) is 0 Å². The van der Waals surface area contributed by atoms with Gasteiger partial charge in [0.1, 0.15) is 0 Å². The normalized spacial score (nSPS) is 10.6. The van der Waals surface area contributed by atoms with Crippen LogP contribution in [-0.2, 0) is 11.3 Å². The third-order valence-corrected chi connectivity index (χ3v) is 3.60. The van der Waals surface area contributed by atoms with Crippen LogP contribution in [0.5, 0.6) is 0 Å². The van der Waals surface area contributed by atoms with E-state index in [-0.39, 0.29) is 11.7 Å². The summed E-state index contributed by atoms with van der Waals surface area (Å²) in [5, 5.41) is 13.8. The number of rotatable bonds is 6. The van der Waals surface area contributed by atoms with Crippen molar-refractivity contribution in [1.82, 2.24) is 9.97 Å². The lowest BCUT2D eigenvalue weighted by molar-refractivity contribution is -0.384. The van der Waals surface area contributed by atoms with Crippen LogP contribution < -0.4 is 5.32 Å². The predicted octanol–water partition coefficient (Wildman–Crippen LogP) is 3.26.